The summed E-state index contributed by atoms with van der Waals surface area (Å²) in [6.45, 7) is 1.20. The minimum atomic E-state index is -0.353. The normalized spacial score (nSPS) is 12.8. The summed E-state index contributed by atoms with van der Waals surface area (Å²) in [5.41, 5.74) is 2.89. The zero-order valence-electron chi connectivity index (χ0n) is 16.0. The van der Waals surface area contributed by atoms with Gasteiger partial charge in [-0.2, -0.15) is 0 Å². The molecule has 4 rings (SSSR count). The van der Waals surface area contributed by atoms with Crippen LogP contribution in [-0.4, -0.2) is 29.9 Å². The van der Waals surface area contributed by atoms with Gasteiger partial charge < -0.3 is 14.5 Å². The number of anilines is 1. The van der Waals surface area contributed by atoms with Crippen LogP contribution in [0.3, 0.4) is 0 Å². The molecule has 0 saturated heterocycles. The second-order valence-electron chi connectivity index (χ2n) is 7.02. The van der Waals surface area contributed by atoms with Gasteiger partial charge in [0.1, 0.15) is 6.54 Å². The summed E-state index contributed by atoms with van der Waals surface area (Å²) in [6, 6.07) is 27.2. The van der Waals surface area contributed by atoms with Gasteiger partial charge in [0, 0.05) is 13.1 Å². The molecule has 0 aromatic heterocycles. The third kappa shape index (κ3) is 4.63. The van der Waals surface area contributed by atoms with E-state index >= 15 is 0 Å². The zero-order valence-corrected chi connectivity index (χ0v) is 16.0. The molecule has 1 heterocycles. The quantitative estimate of drug-likeness (QED) is 0.479. The predicted octanol–water partition coefficient (Wildman–Crippen LogP) is 3.64. The average molecular weight is 386 g/mol. The summed E-state index contributed by atoms with van der Waals surface area (Å²) >= 11 is 0. The van der Waals surface area contributed by atoms with E-state index < -0.39 is 0 Å². The van der Waals surface area contributed by atoms with Crippen LogP contribution in [0.1, 0.15) is 11.1 Å². The topological polar surface area (TPSA) is 49.9 Å². The molecule has 3 aromatic carbocycles. The largest absolute Gasteiger partial charge is 0.423 e. The lowest BCUT2D eigenvalue weighted by Gasteiger charge is -2.31. The molecule has 0 spiro atoms. The van der Waals surface area contributed by atoms with Gasteiger partial charge in [-0.15, -0.1) is 0 Å². The Bertz CT molecular complexity index is 948. The molecule has 0 radical (unpaired) electrons. The van der Waals surface area contributed by atoms with E-state index in [4.69, 9.17) is 4.74 Å². The van der Waals surface area contributed by atoms with E-state index in [1.165, 1.54) is 0 Å². The van der Waals surface area contributed by atoms with Crippen LogP contribution < -0.4 is 9.64 Å². The molecule has 0 fully saturated rings. The van der Waals surface area contributed by atoms with E-state index in [2.05, 4.69) is 0 Å². The molecule has 0 atom stereocenters. The van der Waals surface area contributed by atoms with Crippen LogP contribution in [-0.2, 0) is 22.7 Å². The number of benzene rings is 3. The van der Waals surface area contributed by atoms with Crippen LogP contribution in [0.4, 0.5) is 5.69 Å². The third-order valence-electron chi connectivity index (χ3n) is 4.86. The molecular formula is C24H22N2O3. The molecule has 1 amide bonds. The minimum absolute atomic E-state index is 0.0396. The number of fused-ring (bicyclic) bond motifs is 1. The van der Waals surface area contributed by atoms with Gasteiger partial charge in [0.05, 0.1) is 12.2 Å². The first kappa shape index (κ1) is 18.7. The molecule has 0 bridgehead atoms. The van der Waals surface area contributed by atoms with Crippen molar-refractivity contribution in [3.05, 3.63) is 96.1 Å². The molecule has 0 unspecified atom stereocenters. The molecule has 0 N–H and O–H groups in total. The monoisotopic (exact) mass is 386 g/mol. The molecule has 0 saturated carbocycles. The fourth-order valence-electron chi connectivity index (χ4n) is 3.44. The van der Waals surface area contributed by atoms with Gasteiger partial charge in [0.25, 0.3) is 0 Å². The summed E-state index contributed by atoms with van der Waals surface area (Å²) in [7, 11) is 0. The maximum Gasteiger partial charge on any atom is 0.331 e. The van der Waals surface area contributed by atoms with Crippen molar-refractivity contribution in [3.63, 3.8) is 0 Å². The van der Waals surface area contributed by atoms with Gasteiger partial charge in [-0.05, 0) is 23.3 Å². The lowest BCUT2D eigenvalue weighted by atomic mass is 10.1. The fourth-order valence-corrected chi connectivity index (χ4v) is 3.44. The number of nitrogens with zero attached hydrogens (tertiary/aromatic N) is 2. The Hall–Kier alpha value is -3.60. The van der Waals surface area contributed by atoms with Gasteiger partial charge in [-0.3, -0.25) is 4.79 Å². The summed E-state index contributed by atoms with van der Waals surface area (Å²) in [4.78, 5) is 28.9. The molecule has 0 aliphatic carbocycles. The van der Waals surface area contributed by atoms with Crippen molar-refractivity contribution in [1.29, 1.82) is 0 Å². The Morgan fingerprint density at radius 2 is 1.38 bits per heavy atom. The lowest BCUT2D eigenvalue weighted by Crippen LogP contribution is -2.44. The number of carbonyl (C=O) groups excluding carboxylic acids is 2. The van der Waals surface area contributed by atoms with Gasteiger partial charge in [-0.1, -0.05) is 72.8 Å². The van der Waals surface area contributed by atoms with Gasteiger partial charge in [-0.25, -0.2) is 4.79 Å². The van der Waals surface area contributed by atoms with E-state index in [0.29, 0.717) is 18.8 Å². The Morgan fingerprint density at radius 3 is 2.00 bits per heavy atom. The highest BCUT2D eigenvalue weighted by atomic mass is 16.5. The number of hydrogen-bond donors (Lipinski definition) is 0. The summed E-state index contributed by atoms with van der Waals surface area (Å²) in [5.74, 6) is 0.102. The van der Waals surface area contributed by atoms with Crippen molar-refractivity contribution >= 4 is 17.6 Å². The standard InChI is InChI=1S/C24H22N2O3/c27-23(17-25-18-24(28)29-22-14-8-7-13-21(22)25)26(15-19-9-3-1-4-10-19)16-20-11-5-2-6-12-20/h1-14H,15-18H2. The highest BCUT2D eigenvalue weighted by molar-refractivity contribution is 5.89. The van der Waals surface area contributed by atoms with E-state index in [1.54, 1.807) is 11.0 Å². The van der Waals surface area contributed by atoms with Gasteiger partial charge >= 0.3 is 5.97 Å². The van der Waals surface area contributed by atoms with Gasteiger partial charge in [0.15, 0.2) is 5.75 Å². The maximum atomic E-state index is 13.3. The summed E-state index contributed by atoms with van der Waals surface area (Å²) in [6.07, 6.45) is 0. The zero-order chi connectivity index (χ0) is 20.1. The van der Waals surface area contributed by atoms with Crippen LogP contribution in [0, 0.1) is 0 Å². The van der Waals surface area contributed by atoms with E-state index in [0.717, 1.165) is 16.8 Å². The Kier molecular flexibility index (Phi) is 5.56. The van der Waals surface area contributed by atoms with Crippen LogP contribution in [0.15, 0.2) is 84.9 Å². The summed E-state index contributed by atoms with van der Waals surface area (Å²) < 4.78 is 5.29. The number of ether oxygens (including phenoxy) is 1. The molecule has 1 aliphatic rings. The second-order valence-corrected chi connectivity index (χ2v) is 7.02. The number of esters is 1. The maximum absolute atomic E-state index is 13.3. The van der Waals surface area contributed by atoms with E-state index in [-0.39, 0.29) is 25.0 Å². The number of para-hydroxylation sites is 2. The van der Waals surface area contributed by atoms with Crippen molar-refractivity contribution in [2.45, 2.75) is 13.1 Å². The molecule has 5 nitrogen and oxygen atoms in total. The summed E-state index contributed by atoms with van der Waals surface area (Å²) in [5, 5.41) is 0. The van der Waals surface area contributed by atoms with E-state index in [9.17, 15) is 9.59 Å². The Balaban J connectivity index is 1.55. The average Bonchev–Trinajstić information content (AvgIpc) is 2.74. The Morgan fingerprint density at radius 1 is 0.828 bits per heavy atom. The Labute approximate surface area is 170 Å². The first-order valence-electron chi connectivity index (χ1n) is 9.59. The minimum Gasteiger partial charge on any atom is -0.423 e. The van der Waals surface area contributed by atoms with Crippen LogP contribution in [0.25, 0.3) is 0 Å². The van der Waals surface area contributed by atoms with Crippen LogP contribution in [0.2, 0.25) is 0 Å². The molecule has 5 heteroatoms. The predicted molar refractivity (Wildman–Crippen MR) is 111 cm³/mol. The van der Waals surface area contributed by atoms with Crippen molar-refractivity contribution < 1.29 is 14.3 Å². The highest BCUT2D eigenvalue weighted by Crippen LogP contribution is 2.31. The first-order valence-corrected chi connectivity index (χ1v) is 9.59. The number of hydrogen-bond acceptors (Lipinski definition) is 4. The van der Waals surface area contributed by atoms with Crippen molar-refractivity contribution in [2.75, 3.05) is 18.0 Å². The molecule has 146 valence electrons. The third-order valence-corrected chi connectivity index (χ3v) is 4.86. The van der Waals surface area contributed by atoms with Crippen molar-refractivity contribution in [3.8, 4) is 5.75 Å². The first-order chi connectivity index (χ1) is 14.2. The highest BCUT2D eigenvalue weighted by Gasteiger charge is 2.27. The van der Waals surface area contributed by atoms with Gasteiger partial charge in [0.2, 0.25) is 5.91 Å². The number of carbonyl (C=O) groups is 2. The molecule has 3 aromatic rings. The van der Waals surface area contributed by atoms with Crippen LogP contribution >= 0.6 is 0 Å². The fraction of sp³-hybridized carbons (Fsp3) is 0.167. The number of rotatable bonds is 6. The van der Waals surface area contributed by atoms with Crippen molar-refractivity contribution in [1.82, 2.24) is 4.90 Å². The molecule has 29 heavy (non-hydrogen) atoms. The molecular weight excluding hydrogens is 364 g/mol. The smallest absolute Gasteiger partial charge is 0.331 e. The second kappa shape index (κ2) is 8.61. The van der Waals surface area contributed by atoms with Crippen LogP contribution in [0.5, 0.6) is 5.75 Å². The lowest BCUT2D eigenvalue weighted by molar-refractivity contribution is -0.134. The van der Waals surface area contributed by atoms with E-state index in [1.807, 2.05) is 83.8 Å². The van der Waals surface area contributed by atoms with Crippen molar-refractivity contribution in [2.24, 2.45) is 0 Å². The SMILES string of the molecule is O=C1CN(CC(=O)N(Cc2ccccc2)Cc2ccccc2)c2ccccc2O1. The molecule has 1 aliphatic heterocycles. The number of amides is 1.